The molecule has 0 aliphatic carbocycles. The molecule has 0 aliphatic heterocycles. The molecule has 1 unspecified atom stereocenters. The fraction of sp³-hybridized carbons (Fsp3) is 0.353. The molecule has 2 aromatic rings. The normalized spacial score (nSPS) is 11.8. The number of methoxy groups -OCH3 is 1. The molecule has 0 aliphatic rings. The van der Waals surface area contributed by atoms with Gasteiger partial charge in [0, 0.05) is 5.56 Å². The van der Waals surface area contributed by atoms with Crippen molar-refractivity contribution in [1.82, 2.24) is 10.3 Å². The van der Waals surface area contributed by atoms with Gasteiger partial charge in [0.25, 0.3) is 0 Å². The molecule has 0 saturated heterocycles. The number of hydrogen-bond acceptors (Lipinski definition) is 5. The van der Waals surface area contributed by atoms with E-state index in [1.807, 2.05) is 25.1 Å². The molecule has 7 heteroatoms. The Kier molecular flexibility index (Phi) is 5.56. The predicted molar refractivity (Wildman–Crippen MR) is 91.8 cm³/mol. The summed E-state index contributed by atoms with van der Waals surface area (Å²) < 4.78 is 5.28. The van der Waals surface area contributed by atoms with Gasteiger partial charge in [0.15, 0.2) is 0 Å². The number of ether oxygens (including phenoxy) is 1. The lowest BCUT2D eigenvalue weighted by atomic mass is 10.1. The second-order valence-electron chi connectivity index (χ2n) is 5.55. The molecule has 2 N–H and O–H groups in total. The number of carboxylic acid groups (broad SMARTS) is 1. The van der Waals surface area contributed by atoms with Gasteiger partial charge in [-0.2, -0.15) is 0 Å². The van der Waals surface area contributed by atoms with Crippen molar-refractivity contribution in [2.45, 2.75) is 33.2 Å². The summed E-state index contributed by atoms with van der Waals surface area (Å²) in [6.07, 6.45) is 0.186. The number of aromatic nitrogens is 1. The van der Waals surface area contributed by atoms with Gasteiger partial charge in [0.1, 0.15) is 15.6 Å². The molecule has 6 nitrogen and oxygen atoms in total. The van der Waals surface area contributed by atoms with Crippen LogP contribution in [0.2, 0.25) is 0 Å². The Morgan fingerprint density at radius 3 is 2.67 bits per heavy atom. The molecule has 0 bridgehead atoms. The van der Waals surface area contributed by atoms with E-state index in [2.05, 4.69) is 10.3 Å². The molecule has 1 aromatic heterocycles. The average Bonchev–Trinajstić information content (AvgIpc) is 2.89. The Hall–Kier alpha value is -2.41. The maximum absolute atomic E-state index is 12.3. The van der Waals surface area contributed by atoms with Crippen LogP contribution < -0.4 is 10.1 Å². The lowest BCUT2D eigenvalue weighted by Crippen LogP contribution is -2.28. The molecule has 2 rings (SSSR count). The van der Waals surface area contributed by atoms with Crippen LogP contribution in [0.3, 0.4) is 0 Å². The smallest absolute Gasteiger partial charge is 0.347 e. The Labute approximate surface area is 144 Å². The summed E-state index contributed by atoms with van der Waals surface area (Å²) in [7, 11) is 1.57. The minimum absolute atomic E-state index is 0.170. The van der Waals surface area contributed by atoms with E-state index in [4.69, 9.17) is 9.84 Å². The quantitative estimate of drug-likeness (QED) is 0.838. The number of aromatic carboxylic acids is 1. The molecule has 1 amide bonds. The number of hydrogen-bond donors (Lipinski definition) is 2. The van der Waals surface area contributed by atoms with Crippen LogP contribution >= 0.6 is 11.3 Å². The summed E-state index contributed by atoms with van der Waals surface area (Å²) >= 11 is 1.08. The molecule has 24 heavy (non-hydrogen) atoms. The van der Waals surface area contributed by atoms with Crippen molar-refractivity contribution in [2.75, 3.05) is 7.11 Å². The number of thiazole rings is 1. The van der Waals surface area contributed by atoms with Crippen molar-refractivity contribution in [3.05, 3.63) is 44.9 Å². The SMILES string of the molecule is COc1ccc(C)cc1CC(=O)NC(C)c1nc(C)c(C(=O)O)s1. The highest BCUT2D eigenvalue weighted by Gasteiger charge is 2.19. The molecule has 1 heterocycles. The van der Waals surface area contributed by atoms with Gasteiger partial charge in [-0.15, -0.1) is 11.3 Å². The van der Waals surface area contributed by atoms with E-state index < -0.39 is 5.97 Å². The second-order valence-corrected chi connectivity index (χ2v) is 6.58. The van der Waals surface area contributed by atoms with Crippen molar-refractivity contribution in [1.29, 1.82) is 0 Å². The summed E-state index contributed by atoms with van der Waals surface area (Å²) in [5, 5.41) is 12.5. The minimum Gasteiger partial charge on any atom is -0.496 e. The van der Waals surface area contributed by atoms with Crippen molar-refractivity contribution in [2.24, 2.45) is 0 Å². The van der Waals surface area contributed by atoms with Crippen LogP contribution in [-0.4, -0.2) is 29.1 Å². The summed E-state index contributed by atoms with van der Waals surface area (Å²) in [5.41, 5.74) is 2.32. The molecule has 0 spiro atoms. The van der Waals surface area contributed by atoms with Crippen molar-refractivity contribution in [3.8, 4) is 5.75 Å². The molecule has 0 radical (unpaired) electrons. The Morgan fingerprint density at radius 1 is 1.38 bits per heavy atom. The molecule has 0 fully saturated rings. The van der Waals surface area contributed by atoms with E-state index in [-0.39, 0.29) is 23.2 Å². The number of aryl methyl sites for hydroxylation is 2. The van der Waals surface area contributed by atoms with E-state index in [9.17, 15) is 9.59 Å². The number of nitrogens with one attached hydrogen (secondary N) is 1. The zero-order chi connectivity index (χ0) is 17.9. The van der Waals surface area contributed by atoms with Gasteiger partial charge in [-0.05, 0) is 26.8 Å². The van der Waals surface area contributed by atoms with Crippen LogP contribution in [0.15, 0.2) is 18.2 Å². The van der Waals surface area contributed by atoms with Gasteiger partial charge in [-0.3, -0.25) is 4.79 Å². The van der Waals surface area contributed by atoms with E-state index in [0.29, 0.717) is 16.5 Å². The number of carboxylic acids is 1. The maximum atomic E-state index is 12.3. The summed E-state index contributed by atoms with van der Waals surface area (Å²) in [4.78, 5) is 27.8. The van der Waals surface area contributed by atoms with Crippen LogP contribution in [0.4, 0.5) is 0 Å². The fourth-order valence-corrected chi connectivity index (χ4v) is 3.28. The number of carbonyl (C=O) groups excluding carboxylic acids is 1. The Balaban J connectivity index is 2.08. The summed E-state index contributed by atoms with van der Waals surface area (Å²) in [6, 6.07) is 5.32. The zero-order valence-corrected chi connectivity index (χ0v) is 14.9. The third kappa shape index (κ3) is 4.11. The third-order valence-electron chi connectivity index (χ3n) is 3.54. The maximum Gasteiger partial charge on any atom is 0.347 e. The number of carbonyl (C=O) groups is 2. The Morgan fingerprint density at radius 2 is 2.08 bits per heavy atom. The van der Waals surface area contributed by atoms with Gasteiger partial charge >= 0.3 is 5.97 Å². The van der Waals surface area contributed by atoms with Crippen molar-refractivity contribution in [3.63, 3.8) is 0 Å². The van der Waals surface area contributed by atoms with E-state index >= 15 is 0 Å². The number of benzene rings is 1. The van der Waals surface area contributed by atoms with E-state index in [0.717, 1.165) is 22.5 Å². The molecular formula is C17H20N2O4S. The second kappa shape index (κ2) is 7.44. The van der Waals surface area contributed by atoms with Crippen LogP contribution in [-0.2, 0) is 11.2 Å². The van der Waals surface area contributed by atoms with Gasteiger partial charge in [-0.25, -0.2) is 9.78 Å². The first-order valence-electron chi connectivity index (χ1n) is 7.45. The van der Waals surface area contributed by atoms with Gasteiger partial charge < -0.3 is 15.2 Å². The molecule has 1 aromatic carbocycles. The topological polar surface area (TPSA) is 88.5 Å². The van der Waals surface area contributed by atoms with Gasteiger partial charge in [0.05, 0.1) is 25.3 Å². The highest BCUT2D eigenvalue weighted by Crippen LogP contribution is 2.24. The Bertz CT molecular complexity index is 770. The van der Waals surface area contributed by atoms with Crippen LogP contribution in [0.5, 0.6) is 5.75 Å². The van der Waals surface area contributed by atoms with Crippen LogP contribution in [0.25, 0.3) is 0 Å². The summed E-state index contributed by atoms with van der Waals surface area (Å²) in [6.45, 7) is 5.39. The third-order valence-corrected chi connectivity index (χ3v) is 4.87. The molecule has 1 atom stereocenters. The number of nitrogens with zero attached hydrogens (tertiary/aromatic N) is 1. The molecule has 0 saturated carbocycles. The lowest BCUT2D eigenvalue weighted by Gasteiger charge is -2.13. The van der Waals surface area contributed by atoms with Crippen molar-refractivity contribution < 1.29 is 19.4 Å². The number of amides is 1. The predicted octanol–water partition coefficient (Wildman–Crippen LogP) is 2.89. The standard InChI is InChI=1S/C17H20N2O4S/c1-9-5-6-13(23-4)12(7-9)8-14(20)18-11(3)16-19-10(2)15(24-16)17(21)22/h5-7,11H,8H2,1-4H3,(H,18,20)(H,21,22). The highest BCUT2D eigenvalue weighted by molar-refractivity contribution is 7.13. The highest BCUT2D eigenvalue weighted by atomic mass is 32.1. The monoisotopic (exact) mass is 348 g/mol. The largest absolute Gasteiger partial charge is 0.496 e. The van der Waals surface area contributed by atoms with E-state index in [1.54, 1.807) is 21.0 Å². The fourth-order valence-electron chi connectivity index (χ4n) is 2.37. The zero-order valence-electron chi connectivity index (χ0n) is 14.0. The van der Waals surface area contributed by atoms with Crippen molar-refractivity contribution >= 4 is 23.2 Å². The first-order valence-corrected chi connectivity index (χ1v) is 8.27. The van der Waals surface area contributed by atoms with Crippen LogP contribution in [0, 0.1) is 13.8 Å². The van der Waals surface area contributed by atoms with Gasteiger partial charge in [0.2, 0.25) is 5.91 Å². The van der Waals surface area contributed by atoms with E-state index in [1.165, 1.54) is 0 Å². The van der Waals surface area contributed by atoms with Crippen LogP contribution in [0.1, 0.15) is 44.5 Å². The first-order chi connectivity index (χ1) is 11.3. The number of rotatable bonds is 6. The summed E-state index contributed by atoms with van der Waals surface area (Å²) in [5.74, 6) is -0.503. The lowest BCUT2D eigenvalue weighted by molar-refractivity contribution is -0.121. The minimum atomic E-state index is -1.00. The molecular weight excluding hydrogens is 328 g/mol. The van der Waals surface area contributed by atoms with Gasteiger partial charge in [-0.1, -0.05) is 17.7 Å². The molecule has 128 valence electrons. The average molecular weight is 348 g/mol. The first kappa shape index (κ1) is 17.9.